The molecular formula is C12H10OPoS+. The Morgan fingerprint density at radius 3 is 1.73 bits per heavy atom. The van der Waals surface area contributed by atoms with Crippen molar-refractivity contribution < 1.29 is 4.74 Å². The molecule has 0 aliphatic carbocycles. The third kappa shape index (κ3) is 2.05. The van der Waals surface area contributed by atoms with E-state index in [1.807, 2.05) is 36.4 Å². The first kappa shape index (κ1) is 11.0. The molecule has 2 aromatic rings. The Labute approximate surface area is 112 Å². The second kappa shape index (κ2) is 4.55. The van der Waals surface area contributed by atoms with Gasteiger partial charge in [0.05, 0.1) is 11.8 Å². The number of thiol groups is 1. The van der Waals surface area contributed by atoms with Gasteiger partial charge in [0, 0.05) is 0 Å². The van der Waals surface area contributed by atoms with Gasteiger partial charge in [-0.15, -0.1) is 0 Å². The van der Waals surface area contributed by atoms with Crippen LogP contribution in [-0.4, -0.2) is 26.6 Å². The van der Waals surface area contributed by atoms with Gasteiger partial charge in [-0.1, -0.05) is 24.3 Å². The fraction of sp³-hybridized carbons (Fsp3) is 0. The first-order chi connectivity index (χ1) is 6.93. The molecular weight excluding hydrogens is 401 g/mol. The summed E-state index contributed by atoms with van der Waals surface area (Å²) in [5.74, 6) is 1.96. The van der Waals surface area contributed by atoms with Gasteiger partial charge in [0.2, 0.25) is 9.79 Å². The first-order valence-electron chi connectivity index (χ1n) is 4.51. The van der Waals surface area contributed by atoms with E-state index >= 15 is 0 Å². The van der Waals surface area contributed by atoms with E-state index in [9.17, 15) is 0 Å². The van der Waals surface area contributed by atoms with Crippen LogP contribution in [0.2, 0.25) is 0 Å². The van der Waals surface area contributed by atoms with Crippen molar-refractivity contribution in [2.75, 3.05) is 0 Å². The largest absolute Gasteiger partial charge is 0.447 e. The van der Waals surface area contributed by atoms with Gasteiger partial charge in [0.1, 0.15) is 0 Å². The van der Waals surface area contributed by atoms with E-state index in [0.717, 1.165) is 11.5 Å². The van der Waals surface area contributed by atoms with Crippen LogP contribution < -0.4 is 4.74 Å². The van der Waals surface area contributed by atoms with Crippen molar-refractivity contribution in [1.82, 2.24) is 0 Å². The number of rotatable bonds is 0. The van der Waals surface area contributed by atoms with Crippen molar-refractivity contribution in [2.24, 2.45) is 0 Å². The quantitative estimate of drug-likeness (QED) is 0.408. The number of benzene rings is 2. The zero-order chi connectivity index (χ0) is 9.38. The predicted octanol–water partition coefficient (Wildman–Crippen LogP) is 2.38. The maximum atomic E-state index is 5.77. The average molecular weight is 411 g/mol. The van der Waals surface area contributed by atoms with Crippen molar-refractivity contribution >= 4 is 38.3 Å². The van der Waals surface area contributed by atoms with Gasteiger partial charge in [-0.05, 0) is 24.3 Å². The fourth-order valence-electron chi connectivity index (χ4n) is 1.52. The van der Waals surface area contributed by atoms with Crippen LogP contribution in [0.4, 0.5) is 0 Å². The summed E-state index contributed by atoms with van der Waals surface area (Å²) in [6.07, 6.45) is 0. The molecule has 2 aromatic carbocycles. The van der Waals surface area contributed by atoms with E-state index < -0.39 is 0 Å². The Balaban J connectivity index is 0.000000853. The van der Waals surface area contributed by atoms with Crippen LogP contribution in [0.5, 0.6) is 11.5 Å². The summed E-state index contributed by atoms with van der Waals surface area (Å²) in [7, 11) is 0. The fourth-order valence-corrected chi connectivity index (χ4v) is 2.56. The van der Waals surface area contributed by atoms with E-state index in [-0.39, 0.29) is 26.6 Å². The first-order valence-corrected chi connectivity index (χ1v) is 5.40. The molecule has 0 unspecified atom stereocenters. The monoisotopic (exact) mass is 411 g/mol. The Bertz CT molecular complexity index is 397. The second-order valence-corrected chi connectivity index (χ2v) is 4.34. The molecule has 1 nitrogen and oxygen atoms in total. The molecule has 0 amide bonds. The Morgan fingerprint density at radius 2 is 1.20 bits per heavy atom. The van der Waals surface area contributed by atoms with Crippen LogP contribution in [0, 0.1) is 0 Å². The van der Waals surface area contributed by atoms with Gasteiger partial charge in [-0.2, -0.15) is 0 Å². The number of para-hydroxylation sites is 2. The van der Waals surface area contributed by atoms with Crippen LogP contribution in [0.25, 0.3) is 0 Å². The van der Waals surface area contributed by atoms with Gasteiger partial charge >= 0.3 is 26.6 Å². The summed E-state index contributed by atoms with van der Waals surface area (Å²) in [5, 5.41) is 0. The van der Waals surface area contributed by atoms with E-state index in [0.29, 0.717) is 0 Å². The van der Waals surface area contributed by atoms with E-state index in [1.54, 1.807) is 0 Å². The third-order valence-electron chi connectivity index (χ3n) is 2.19. The van der Waals surface area contributed by atoms with Gasteiger partial charge in [-0.25, -0.2) is 0 Å². The number of fused-ring (bicyclic) bond motifs is 2. The molecule has 3 rings (SSSR count). The van der Waals surface area contributed by atoms with Crippen LogP contribution in [-0.2, 0) is 11.8 Å². The van der Waals surface area contributed by atoms with Crippen LogP contribution in [0.15, 0.2) is 58.3 Å². The molecule has 1 aliphatic heterocycles. The van der Waals surface area contributed by atoms with Crippen LogP contribution in [0.1, 0.15) is 0 Å². The van der Waals surface area contributed by atoms with Gasteiger partial charge in [0.15, 0.2) is 11.5 Å². The van der Waals surface area contributed by atoms with Crippen molar-refractivity contribution in [2.45, 2.75) is 9.79 Å². The maximum absolute atomic E-state index is 5.77. The normalized spacial score (nSPS) is 11.7. The minimum Gasteiger partial charge on any atom is -0.447 e. The molecule has 3 heteroatoms. The maximum Gasteiger partial charge on any atom is 0.200 e. The summed E-state index contributed by atoms with van der Waals surface area (Å²) in [6.45, 7) is 0. The van der Waals surface area contributed by atoms with E-state index in [1.165, 1.54) is 21.6 Å². The molecule has 1 aliphatic rings. The molecule has 0 spiro atoms. The molecule has 0 saturated heterocycles. The molecule has 0 fully saturated rings. The van der Waals surface area contributed by atoms with Gasteiger partial charge in [0.25, 0.3) is 0 Å². The van der Waals surface area contributed by atoms with E-state index in [2.05, 4.69) is 12.1 Å². The molecule has 75 valence electrons. The summed E-state index contributed by atoms with van der Waals surface area (Å²) >= 11 is 1.24. The van der Waals surface area contributed by atoms with Crippen LogP contribution in [0.3, 0.4) is 0 Å². The second-order valence-electron chi connectivity index (χ2n) is 3.15. The third-order valence-corrected chi connectivity index (χ3v) is 3.41. The topological polar surface area (TPSA) is 9.23 Å². The molecule has 0 aromatic heterocycles. The number of ether oxygens (including phenoxy) is 1. The zero-order valence-corrected chi connectivity index (χ0v) is 12.3. The van der Waals surface area contributed by atoms with Crippen molar-refractivity contribution in [3.8, 4) is 11.5 Å². The molecule has 0 saturated carbocycles. The smallest absolute Gasteiger partial charge is 0.200 e. The zero-order valence-electron chi connectivity index (χ0n) is 7.92. The molecule has 1 heterocycles. The molecule has 0 bridgehead atoms. The predicted molar refractivity (Wildman–Crippen MR) is 65.4 cm³/mol. The SMILES string of the molecule is [PoH].c1ccc2c(c1)Oc1ccccc1[SH+]2. The minimum absolute atomic E-state index is 0. The van der Waals surface area contributed by atoms with Gasteiger partial charge < -0.3 is 4.74 Å². The summed E-state index contributed by atoms with van der Waals surface area (Å²) in [4.78, 5) is 2.48. The Kier molecular flexibility index (Phi) is 3.34. The van der Waals surface area contributed by atoms with Crippen LogP contribution >= 0.6 is 0 Å². The summed E-state index contributed by atoms with van der Waals surface area (Å²) in [5.41, 5.74) is 0. The molecule has 15 heavy (non-hydrogen) atoms. The molecule has 0 atom stereocenters. The van der Waals surface area contributed by atoms with Gasteiger partial charge in [-0.3, -0.25) is 0 Å². The Hall–Kier alpha value is -0.514. The average Bonchev–Trinajstić information content (AvgIpc) is 2.26. The van der Waals surface area contributed by atoms with Crippen molar-refractivity contribution in [1.29, 1.82) is 0 Å². The number of hydrogen-bond donors (Lipinski definition) is 0. The minimum atomic E-state index is 0. The van der Waals surface area contributed by atoms with Crippen molar-refractivity contribution in [3.63, 3.8) is 0 Å². The Morgan fingerprint density at radius 1 is 0.733 bits per heavy atom. The number of hydrogen-bond acceptors (Lipinski definition) is 1. The summed E-state index contributed by atoms with van der Waals surface area (Å²) < 4.78 is 5.77. The standard InChI is InChI=1S/C12H8OS.Po.H/c1-3-7-11-9(5-1)13-10-6-2-4-8-12(10)14-11;;/h1-8H;;/p+1. The van der Waals surface area contributed by atoms with E-state index in [4.69, 9.17) is 4.74 Å². The summed E-state index contributed by atoms with van der Waals surface area (Å²) in [6, 6.07) is 16.3. The van der Waals surface area contributed by atoms with Crippen molar-refractivity contribution in [3.05, 3.63) is 48.5 Å². The molecule has 1 radical (unpaired) electrons. The molecule has 0 N–H and O–H groups in total.